The Balaban J connectivity index is 1.58. The minimum absolute atomic E-state index is 0.160. The van der Waals surface area contributed by atoms with Crippen molar-refractivity contribution in [1.82, 2.24) is 14.5 Å². The van der Waals surface area contributed by atoms with Crippen LogP contribution in [0.15, 0.2) is 47.3 Å². The van der Waals surface area contributed by atoms with Crippen molar-refractivity contribution in [2.45, 2.75) is 25.4 Å². The van der Waals surface area contributed by atoms with Crippen LogP contribution < -0.4 is 0 Å². The van der Waals surface area contributed by atoms with Gasteiger partial charge in [-0.15, -0.1) is 0 Å². The predicted molar refractivity (Wildman–Crippen MR) is 86.2 cm³/mol. The third-order valence-electron chi connectivity index (χ3n) is 4.08. The zero-order valence-electron chi connectivity index (χ0n) is 13.3. The Labute approximate surface area is 139 Å². The Morgan fingerprint density at radius 3 is 2.79 bits per heavy atom. The lowest BCUT2D eigenvalue weighted by molar-refractivity contribution is 0.0456. The minimum atomic E-state index is -0.455. The van der Waals surface area contributed by atoms with E-state index < -0.39 is 5.97 Å². The summed E-state index contributed by atoms with van der Waals surface area (Å²) < 4.78 is 13.1. The molecule has 4 rings (SSSR count). The number of hydrogen-bond acceptors (Lipinski definition) is 5. The molecule has 0 spiro atoms. The first kappa shape index (κ1) is 14.7. The van der Waals surface area contributed by atoms with Gasteiger partial charge in [-0.25, -0.2) is 14.8 Å². The number of oxazole rings is 1. The third-order valence-corrected chi connectivity index (χ3v) is 4.08. The van der Waals surface area contributed by atoms with Crippen LogP contribution in [-0.4, -0.2) is 20.5 Å². The van der Waals surface area contributed by atoms with E-state index in [2.05, 4.69) is 9.97 Å². The summed E-state index contributed by atoms with van der Waals surface area (Å²) in [6.07, 6.45) is 5.38. The van der Waals surface area contributed by atoms with E-state index in [9.17, 15) is 4.79 Å². The minimum Gasteiger partial charge on any atom is -0.454 e. The molecule has 1 aliphatic rings. The molecule has 0 bridgehead atoms. The van der Waals surface area contributed by atoms with Gasteiger partial charge in [0.1, 0.15) is 12.4 Å². The standard InChI is InChI=1S/C18H17N3O3/c1-21-11-19-9-14(21)10-23-18(22)15-16(12-7-8-12)24-17(20-15)13-5-3-2-4-6-13/h2-6,9,11-12H,7-8,10H2,1H3. The van der Waals surface area contributed by atoms with E-state index in [0.29, 0.717) is 17.3 Å². The van der Waals surface area contributed by atoms with E-state index in [1.54, 1.807) is 12.5 Å². The molecule has 1 saturated carbocycles. The van der Waals surface area contributed by atoms with Crippen molar-refractivity contribution in [3.63, 3.8) is 0 Å². The third kappa shape index (κ3) is 2.82. The molecule has 0 aliphatic heterocycles. The SMILES string of the molecule is Cn1cncc1COC(=O)c1nc(-c2ccccc2)oc1C1CC1. The number of hydrogen-bond donors (Lipinski definition) is 0. The number of carbonyl (C=O) groups excluding carboxylic acids is 1. The Morgan fingerprint density at radius 1 is 1.33 bits per heavy atom. The van der Waals surface area contributed by atoms with Crippen molar-refractivity contribution in [2.24, 2.45) is 7.05 Å². The summed E-state index contributed by atoms with van der Waals surface area (Å²) in [6, 6.07) is 9.57. The molecule has 1 aliphatic carbocycles. The normalized spacial score (nSPS) is 13.9. The van der Waals surface area contributed by atoms with E-state index in [0.717, 1.165) is 24.1 Å². The molecule has 2 aromatic heterocycles. The molecule has 0 radical (unpaired) electrons. The van der Waals surface area contributed by atoms with Crippen molar-refractivity contribution < 1.29 is 13.9 Å². The van der Waals surface area contributed by atoms with Crippen molar-refractivity contribution >= 4 is 5.97 Å². The fourth-order valence-corrected chi connectivity index (χ4v) is 2.54. The lowest BCUT2D eigenvalue weighted by atomic mass is 10.2. The van der Waals surface area contributed by atoms with Crippen LogP contribution in [0.2, 0.25) is 0 Å². The van der Waals surface area contributed by atoms with E-state index in [1.165, 1.54) is 0 Å². The summed E-state index contributed by atoms with van der Waals surface area (Å²) in [4.78, 5) is 20.9. The number of rotatable bonds is 5. The van der Waals surface area contributed by atoms with Gasteiger partial charge in [-0.3, -0.25) is 0 Å². The van der Waals surface area contributed by atoms with Crippen LogP contribution in [0.1, 0.15) is 40.7 Å². The molecule has 122 valence electrons. The average Bonchev–Trinajstić information content (AvgIpc) is 3.22. The molecule has 0 amide bonds. The second-order valence-corrected chi connectivity index (χ2v) is 5.94. The number of imidazole rings is 1. The van der Waals surface area contributed by atoms with Gasteiger partial charge in [-0.05, 0) is 25.0 Å². The largest absolute Gasteiger partial charge is 0.454 e. The predicted octanol–water partition coefficient (Wildman–Crippen LogP) is 3.31. The first-order chi connectivity index (χ1) is 11.7. The fourth-order valence-electron chi connectivity index (χ4n) is 2.54. The highest BCUT2D eigenvalue weighted by Gasteiger charge is 2.34. The molecule has 0 atom stereocenters. The van der Waals surface area contributed by atoms with Crippen LogP contribution in [0, 0.1) is 0 Å². The Kier molecular flexibility index (Phi) is 3.65. The highest BCUT2D eigenvalue weighted by molar-refractivity contribution is 5.89. The van der Waals surface area contributed by atoms with Crippen LogP contribution >= 0.6 is 0 Å². The Hall–Kier alpha value is -2.89. The zero-order valence-corrected chi connectivity index (χ0v) is 13.3. The first-order valence-corrected chi connectivity index (χ1v) is 7.91. The summed E-state index contributed by atoms with van der Waals surface area (Å²) in [5.41, 5.74) is 1.96. The van der Waals surface area contributed by atoms with Gasteiger partial charge in [0, 0.05) is 18.5 Å². The van der Waals surface area contributed by atoms with Gasteiger partial charge in [0.15, 0.2) is 5.69 Å². The maximum atomic E-state index is 12.5. The summed E-state index contributed by atoms with van der Waals surface area (Å²) >= 11 is 0. The molecule has 0 N–H and O–H groups in total. The van der Waals surface area contributed by atoms with E-state index in [-0.39, 0.29) is 12.5 Å². The second kappa shape index (κ2) is 5.96. The second-order valence-electron chi connectivity index (χ2n) is 5.94. The lowest BCUT2D eigenvalue weighted by Crippen LogP contribution is -2.09. The van der Waals surface area contributed by atoms with E-state index in [4.69, 9.17) is 9.15 Å². The maximum Gasteiger partial charge on any atom is 0.361 e. The van der Waals surface area contributed by atoms with Crippen LogP contribution in [0.25, 0.3) is 11.5 Å². The quantitative estimate of drug-likeness (QED) is 0.674. The highest BCUT2D eigenvalue weighted by Crippen LogP contribution is 2.43. The summed E-state index contributed by atoms with van der Waals surface area (Å²) in [5.74, 6) is 0.923. The van der Waals surface area contributed by atoms with Crippen LogP contribution in [0.5, 0.6) is 0 Å². The maximum absolute atomic E-state index is 12.5. The molecule has 24 heavy (non-hydrogen) atoms. The molecule has 6 nitrogen and oxygen atoms in total. The number of ether oxygens (including phenoxy) is 1. The Bertz CT molecular complexity index is 863. The van der Waals surface area contributed by atoms with Crippen LogP contribution in [-0.2, 0) is 18.4 Å². The molecule has 0 unspecified atom stereocenters. The zero-order chi connectivity index (χ0) is 16.5. The van der Waals surface area contributed by atoms with Crippen molar-refractivity contribution in [1.29, 1.82) is 0 Å². The van der Waals surface area contributed by atoms with Gasteiger partial charge in [0.25, 0.3) is 0 Å². The van der Waals surface area contributed by atoms with Gasteiger partial charge in [-0.2, -0.15) is 0 Å². The number of aryl methyl sites for hydroxylation is 1. The van der Waals surface area contributed by atoms with E-state index in [1.807, 2.05) is 41.9 Å². The summed E-state index contributed by atoms with van der Waals surface area (Å²) in [5, 5.41) is 0. The Morgan fingerprint density at radius 2 is 2.12 bits per heavy atom. The molecular weight excluding hydrogens is 306 g/mol. The molecule has 2 heterocycles. The lowest BCUT2D eigenvalue weighted by Gasteiger charge is -2.04. The van der Waals surface area contributed by atoms with Crippen molar-refractivity contribution in [3.05, 3.63) is 60.0 Å². The fraction of sp³-hybridized carbons (Fsp3) is 0.278. The van der Waals surface area contributed by atoms with Gasteiger partial charge in [0.2, 0.25) is 5.89 Å². The molecular formula is C18H17N3O3. The molecule has 6 heteroatoms. The van der Waals surface area contributed by atoms with Crippen molar-refractivity contribution in [3.8, 4) is 11.5 Å². The van der Waals surface area contributed by atoms with Crippen molar-refractivity contribution in [2.75, 3.05) is 0 Å². The number of carbonyl (C=O) groups is 1. The topological polar surface area (TPSA) is 70.2 Å². The van der Waals surface area contributed by atoms with Gasteiger partial charge >= 0.3 is 5.97 Å². The number of nitrogens with zero attached hydrogens (tertiary/aromatic N) is 3. The molecule has 1 aromatic carbocycles. The molecule has 3 aromatic rings. The van der Waals surface area contributed by atoms with Gasteiger partial charge in [0.05, 0.1) is 18.2 Å². The monoisotopic (exact) mass is 323 g/mol. The van der Waals surface area contributed by atoms with Crippen LogP contribution in [0.3, 0.4) is 0 Å². The number of benzene rings is 1. The summed E-state index contributed by atoms with van der Waals surface area (Å²) in [7, 11) is 1.86. The first-order valence-electron chi connectivity index (χ1n) is 7.91. The average molecular weight is 323 g/mol. The number of esters is 1. The summed E-state index contributed by atoms with van der Waals surface area (Å²) in [6.45, 7) is 0.160. The highest BCUT2D eigenvalue weighted by atomic mass is 16.5. The van der Waals surface area contributed by atoms with Gasteiger partial charge in [-0.1, -0.05) is 18.2 Å². The van der Waals surface area contributed by atoms with Gasteiger partial charge < -0.3 is 13.7 Å². The number of aromatic nitrogens is 3. The molecule has 0 saturated heterocycles. The van der Waals surface area contributed by atoms with Crippen LogP contribution in [0.4, 0.5) is 0 Å². The smallest absolute Gasteiger partial charge is 0.361 e. The molecule has 1 fully saturated rings. The van der Waals surface area contributed by atoms with E-state index >= 15 is 0 Å².